The lowest BCUT2D eigenvalue weighted by Crippen LogP contribution is -2.23. The van der Waals surface area contributed by atoms with E-state index in [-0.39, 0.29) is 5.82 Å². The minimum atomic E-state index is -0.255. The first-order chi connectivity index (χ1) is 15.3. The minimum absolute atomic E-state index is 0.255. The van der Waals surface area contributed by atoms with Crippen LogP contribution < -0.4 is 4.74 Å². The fraction of sp³-hybridized carbons (Fsp3) is 0.154. The van der Waals surface area contributed by atoms with Gasteiger partial charge in [-0.05, 0) is 53.1 Å². The van der Waals surface area contributed by atoms with Crippen LogP contribution in [0.3, 0.4) is 0 Å². The molecule has 0 aliphatic heterocycles. The van der Waals surface area contributed by atoms with Crippen molar-refractivity contribution < 1.29 is 9.13 Å². The summed E-state index contributed by atoms with van der Waals surface area (Å²) in [7, 11) is 0. The van der Waals surface area contributed by atoms with Gasteiger partial charge in [-0.1, -0.05) is 36.4 Å². The highest BCUT2D eigenvalue weighted by Gasteiger charge is 2.12. The predicted molar refractivity (Wildman–Crippen MR) is 119 cm³/mol. The van der Waals surface area contributed by atoms with Crippen LogP contribution in [0.5, 0.6) is 5.75 Å². The largest absolute Gasteiger partial charge is 0.489 e. The van der Waals surface area contributed by atoms with Crippen LogP contribution in [-0.4, -0.2) is 14.9 Å². The fourth-order valence-electron chi connectivity index (χ4n) is 3.47. The molecule has 0 unspecified atom stereocenters. The van der Waals surface area contributed by atoms with Crippen molar-refractivity contribution in [3.05, 3.63) is 126 Å². The molecule has 0 radical (unpaired) electrons. The topological polar surface area (TPSA) is 38.2 Å². The number of nitrogens with zero attached hydrogens (tertiary/aromatic N) is 3. The number of hydrogen-bond donors (Lipinski definition) is 0. The molecule has 0 amide bonds. The summed E-state index contributed by atoms with van der Waals surface area (Å²) >= 11 is 0. The molecule has 0 bridgehead atoms. The number of rotatable bonds is 9. The second-order valence-electron chi connectivity index (χ2n) is 7.39. The van der Waals surface area contributed by atoms with Gasteiger partial charge in [0.05, 0.1) is 0 Å². The van der Waals surface area contributed by atoms with Gasteiger partial charge in [0.2, 0.25) is 0 Å². The highest BCUT2D eigenvalue weighted by Crippen LogP contribution is 2.23. The highest BCUT2D eigenvalue weighted by atomic mass is 19.1. The van der Waals surface area contributed by atoms with Gasteiger partial charge in [-0.2, -0.15) is 0 Å². The Morgan fingerprint density at radius 2 is 1.52 bits per heavy atom. The molecule has 0 aliphatic rings. The van der Waals surface area contributed by atoms with Gasteiger partial charge in [-0.25, -0.2) is 4.39 Å². The summed E-state index contributed by atoms with van der Waals surface area (Å²) in [5.41, 5.74) is 4.22. The third-order valence-corrected chi connectivity index (χ3v) is 4.93. The molecule has 0 N–H and O–H groups in total. The molecule has 0 saturated heterocycles. The third-order valence-electron chi connectivity index (χ3n) is 4.93. The van der Waals surface area contributed by atoms with E-state index in [1.54, 1.807) is 12.3 Å². The van der Waals surface area contributed by atoms with E-state index >= 15 is 0 Å². The van der Waals surface area contributed by atoms with Gasteiger partial charge in [0.1, 0.15) is 18.2 Å². The number of para-hydroxylation sites is 1. The van der Waals surface area contributed by atoms with Gasteiger partial charge in [0.15, 0.2) is 0 Å². The number of aromatic nitrogens is 2. The van der Waals surface area contributed by atoms with E-state index in [9.17, 15) is 4.39 Å². The minimum Gasteiger partial charge on any atom is -0.489 e. The third kappa shape index (κ3) is 6.20. The molecule has 0 atom stereocenters. The molecule has 4 nitrogen and oxygen atoms in total. The maximum Gasteiger partial charge on any atom is 0.124 e. The maximum atomic E-state index is 13.5. The van der Waals surface area contributed by atoms with Crippen molar-refractivity contribution in [3.63, 3.8) is 0 Å². The molecule has 2 aromatic carbocycles. The molecule has 156 valence electrons. The Morgan fingerprint density at radius 3 is 2.32 bits per heavy atom. The van der Waals surface area contributed by atoms with Crippen molar-refractivity contribution in [3.8, 4) is 5.75 Å². The van der Waals surface area contributed by atoms with Crippen LogP contribution in [0, 0.1) is 5.82 Å². The van der Waals surface area contributed by atoms with Crippen molar-refractivity contribution in [1.82, 2.24) is 14.9 Å². The Hall–Kier alpha value is -3.57. The molecule has 4 rings (SSSR count). The van der Waals surface area contributed by atoms with Gasteiger partial charge in [0.25, 0.3) is 0 Å². The lowest BCUT2D eigenvalue weighted by Gasteiger charge is -2.24. The highest BCUT2D eigenvalue weighted by molar-refractivity contribution is 5.34. The van der Waals surface area contributed by atoms with E-state index in [0.717, 1.165) is 35.5 Å². The van der Waals surface area contributed by atoms with Crippen molar-refractivity contribution in [2.24, 2.45) is 0 Å². The predicted octanol–water partition coefficient (Wildman–Crippen LogP) is 5.40. The van der Waals surface area contributed by atoms with Crippen LogP contribution in [0.2, 0.25) is 0 Å². The summed E-state index contributed by atoms with van der Waals surface area (Å²) in [5.74, 6) is 0.548. The Morgan fingerprint density at radius 1 is 0.710 bits per heavy atom. The molecule has 31 heavy (non-hydrogen) atoms. The first-order valence-electron chi connectivity index (χ1n) is 10.2. The zero-order valence-corrected chi connectivity index (χ0v) is 17.2. The van der Waals surface area contributed by atoms with E-state index in [0.29, 0.717) is 13.2 Å². The average Bonchev–Trinajstić information content (AvgIpc) is 2.80. The zero-order valence-electron chi connectivity index (χ0n) is 17.2. The summed E-state index contributed by atoms with van der Waals surface area (Å²) < 4.78 is 19.6. The quantitative estimate of drug-likeness (QED) is 0.368. The summed E-state index contributed by atoms with van der Waals surface area (Å²) in [6, 6.07) is 22.6. The summed E-state index contributed by atoms with van der Waals surface area (Å²) in [6.07, 6.45) is 7.30. The van der Waals surface area contributed by atoms with E-state index in [4.69, 9.17) is 4.74 Å². The van der Waals surface area contributed by atoms with Gasteiger partial charge < -0.3 is 4.74 Å². The number of halogens is 1. The monoisotopic (exact) mass is 413 g/mol. The van der Waals surface area contributed by atoms with E-state index in [2.05, 4.69) is 27.0 Å². The molecule has 0 saturated carbocycles. The van der Waals surface area contributed by atoms with Crippen LogP contribution in [0.4, 0.5) is 4.39 Å². The van der Waals surface area contributed by atoms with Crippen LogP contribution in [0.1, 0.15) is 22.3 Å². The van der Waals surface area contributed by atoms with Gasteiger partial charge in [-0.3, -0.25) is 14.9 Å². The van der Waals surface area contributed by atoms with Crippen LogP contribution in [-0.2, 0) is 26.2 Å². The van der Waals surface area contributed by atoms with Crippen LogP contribution in [0.15, 0.2) is 97.6 Å². The number of pyridine rings is 2. The maximum absolute atomic E-state index is 13.5. The average molecular weight is 413 g/mol. The second-order valence-corrected chi connectivity index (χ2v) is 7.39. The molecule has 2 aromatic heterocycles. The Kier molecular flexibility index (Phi) is 6.98. The smallest absolute Gasteiger partial charge is 0.124 e. The van der Waals surface area contributed by atoms with E-state index < -0.39 is 0 Å². The van der Waals surface area contributed by atoms with E-state index in [1.165, 1.54) is 17.7 Å². The Labute approximate surface area is 182 Å². The van der Waals surface area contributed by atoms with Gasteiger partial charge >= 0.3 is 0 Å². The van der Waals surface area contributed by atoms with Gasteiger partial charge in [-0.15, -0.1) is 0 Å². The SMILES string of the molecule is Fc1cccc(COc2ccccc2CN(Cc2ccncc2)Cc2cccnc2)c1. The van der Waals surface area contributed by atoms with Crippen molar-refractivity contribution >= 4 is 0 Å². The lowest BCUT2D eigenvalue weighted by molar-refractivity contribution is 0.237. The molecule has 2 heterocycles. The molecule has 4 aromatic rings. The summed E-state index contributed by atoms with van der Waals surface area (Å²) in [5, 5.41) is 0. The second kappa shape index (κ2) is 10.5. The van der Waals surface area contributed by atoms with Crippen LogP contribution in [0.25, 0.3) is 0 Å². The summed E-state index contributed by atoms with van der Waals surface area (Å²) in [6.45, 7) is 2.56. The number of benzene rings is 2. The van der Waals surface area contributed by atoms with Crippen molar-refractivity contribution in [2.75, 3.05) is 0 Å². The Bertz CT molecular complexity index is 1050. The number of hydrogen-bond acceptors (Lipinski definition) is 4. The molecule has 0 aliphatic carbocycles. The standard InChI is InChI=1S/C26H24FN3O/c27-25-8-3-5-22(15-25)20-31-26-9-2-1-7-24(26)19-30(17-21-10-13-28-14-11-21)18-23-6-4-12-29-16-23/h1-16H,17-20H2. The van der Waals surface area contributed by atoms with E-state index in [1.807, 2.05) is 61.1 Å². The van der Waals surface area contributed by atoms with Crippen molar-refractivity contribution in [2.45, 2.75) is 26.2 Å². The molecule has 0 fully saturated rings. The van der Waals surface area contributed by atoms with Crippen molar-refractivity contribution in [1.29, 1.82) is 0 Å². The lowest BCUT2D eigenvalue weighted by atomic mass is 10.1. The fourth-order valence-corrected chi connectivity index (χ4v) is 3.47. The zero-order chi connectivity index (χ0) is 21.3. The van der Waals surface area contributed by atoms with Gasteiger partial charge in [0, 0.05) is 50.0 Å². The summed E-state index contributed by atoms with van der Waals surface area (Å²) in [4.78, 5) is 10.7. The molecule has 0 spiro atoms. The normalized spacial score (nSPS) is 10.9. The molecular formula is C26H24FN3O. The Balaban J connectivity index is 1.51. The number of ether oxygens (including phenoxy) is 1. The van der Waals surface area contributed by atoms with Crippen LogP contribution >= 0.6 is 0 Å². The first-order valence-corrected chi connectivity index (χ1v) is 10.2. The first kappa shape index (κ1) is 20.7. The molecular weight excluding hydrogens is 389 g/mol. The molecule has 5 heteroatoms.